The lowest BCUT2D eigenvalue weighted by Gasteiger charge is -2.45. The highest BCUT2D eigenvalue weighted by atomic mass is 16.5. The molecule has 0 radical (unpaired) electrons. The molecule has 4 aromatic heterocycles. The molecule has 0 aromatic carbocycles. The van der Waals surface area contributed by atoms with Gasteiger partial charge < -0.3 is 15.6 Å². The van der Waals surface area contributed by atoms with Crippen molar-refractivity contribution in [3.63, 3.8) is 0 Å². The number of nitrogens with one attached hydrogen (secondary N) is 1. The summed E-state index contributed by atoms with van der Waals surface area (Å²) in [6.45, 7) is -0.146. The summed E-state index contributed by atoms with van der Waals surface area (Å²) in [5.74, 6) is 0.323. The van der Waals surface area contributed by atoms with E-state index in [4.69, 9.17) is 15.5 Å². The first-order valence-electron chi connectivity index (χ1n) is 9.82. The van der Waals surface area contributed by atoms with Gasteiger partial charge in [-0.3, -0.25) is 9.78 Å². The van der Waals surface area contributed by atoms with Crippen LogP contribution in [0.2, 0.25) is 0 Å². The third-order valence-electron chi connectivity index (χ3n) is 5.89. The van der Waals surface area contributed by atoms with Gasteiger partial charge in [0.15, 0.2) is 5.82 Å². The molecule has 0 saturated heterocycles. The molecule has 11 heteroatoms. The van der Waals surface area contributed by atoms with Crippen molar-refractivity contribution in [3.8, 4) is 28.7 Å². The second-order valence-electron chi connectivity index (χ2n) is 7.77. The average molecular weight is 419 g/mol. The van der Waals surface area contributed by atoms with Crippen LogP contribution in [0.1, 0.15) is 25.0 Å². The second kappa shape index (κ2) is 7.19. The number of nitriles is 1. The number of aliphatic hydroxyl groups excluding tert-OH is 1. The molecule has 0 atom stereocenters. The van der Waals surface area contributed by atoms with E-state index in [1.54, 1.807) is 34.8 Å². The van der Waals surface area contributed by atoms with Crippen LogP contribution in [0.25, 0.3) is 28.2 Å². The molecule has 0 spiro atoms. The lowest BCUT2D eigenvalue weighted by molar-refractivity contribution is -0.0540. The molecule has 158 valence electrons. The minimum absolute atomic E-state index is 0.102. The molecule has 0 bridgehead atoms. The Balaban J connectivity index is 1.61. The first kappa shape index (κ1) is 19.2. The van der Waals surface area contributed by atoms with Gasteiger partial charge in [-0.05, 0) is 25.0 Å². The zero-order valence-electron chi connectivity index (χ0n) is 16.9. The lowest BCUT2D eigenvalue weighted by atomic mass is 9.72. The van der Waals surface area contributed by atoms with Crippen LogP contribution in [0.4, 0.5) is 5.82 Å². The van der Waals surface area contributed by atoms with Gasteiger partial charge in [-0.25, -0.2) is 9.50 Å². The largest absolute Gasteiger partial charge is 0.390 e. The predicted molar refractivity (Wildman–Crippen MR) is 110 cm³/mol. The van der Waals surface area contributed by atoms with E-state index in [1.165, 1.54) is 0 Å². The maximum atomic E-state index is 9.36. The molecule has 4 heterocycles. The zero-order chi connectivity index (χ0) is 21.6. The predicted octanol–water partition coefficient (Wildman–Crippen LogP) is 1.48. The van der Waals surface area contributed by atoms with Crippen molar-refractivity contribution in [2.45, 2.75) is 37.5 Å². The Morgan fingerprint density at radius 1 is 1.39 bits per heavy atom. The number of hydrogen-bond acceptors (Lipinski definition) is 8. The quantitative estimate of drug-likeness (QED) is 0.424. The minimum Gasteiger partial charge on any atom is -0.390 e. The standard InChI is InChI=1S/C20H21N9O2/c1-31-13-7-20(8-13,3-4-21)29-9-14(19(22)27-29)18-17-2-5-23-28(17)10-16(24-18)15-6-12(11-30)25-26-15/h2,5-6,9-10,13,30H,3,7-8,11H2,1H3,(H2,22,27)(H,25,26)/t13-,20+. The van der Waals surface area contributed by atoms with E-state index >= 15 is 0 Å². The summed E-state index contributed by atoms with van der Waals surface area (Å²) in [5.41, 5.74) is 9.66. The van der Waals surface area contributed by atoms with Gasteiger partial charge in [0.05, 0.1) is 59.9 Å². The van der Waals surface area contributed by atoms with E-state index in [-0.39, 0.29) is 12.7 Å². The Morgan fingerprint density at radius 2 is 2.23 bits per heavy atom. The summed E-state index contributed by atoms with van der Waals surface area (Å²) in [7, 11) is 1.67. The normalized spacial score (nSPS) is 20.6. The molecule has 1 saturated carbocycles. The maximum Gasteiger partial charge on any atom is 0.155 e. The molecule has 11 nitrogen and oxygen atoms in total. The van der Waals surface area contributed by atoms with Crippen LogP contribution in [0.3, 0.4) is 0 Å². The minimum atomic E-state index is -0.436. The number of aromatic amines is 1. The number of H-pyrrole nitrogens is 1. The summed E-state index contributed by atoms with van der Waals surface area (Å²) in [6, 6.07) is 5.85. The molecule has 1 aliphatic carbocycles. The van der Waals surface area contributed by atoms with E-state index < -0.39 is 5.54 Å². The van der Waals surface area contributed by atoms with Crippen molar-refractivity contribution in [3.05, 3.63) is 36.4 Å². The Morgan fingerprint density at radius 3 is 2.94 bits per heavy atom. The zero-order valence-corrected chi connectivity index (χ0v) is 16.9. The molecular weight excluding hydrogens is 398 g/mol. The molecule has 0 aliphatic heterocycles. The smallest absolute Gasteiger partial charge is 0.155 e. The van der Waals surface area contributed by atoms with Crippen molar-refractivity contribution in [2.24, 2.45) is 0 Å². The van der Waals surface area contributed by atoms with E-state index in [0.29, 0.717) is 53.4 Å². The van der Waals surface area contributed by atoms with Crippen molar-refractivity contribution in [2.75, 3.05) is 12.8 Å². The van der Waals surface area contributed by atoms with Crippen molar-refractivity contribution in [1.29, 1.82) is 5.26 Å². The monoisotopic (exact) mass is 419 g/mol. The van der Waals surface area contributed by atoms with Gasteiger partial charge in [0, 0.05) is 13.3 Å². The fourth-order valence-corrected chi connectivity index (χ4v) is 4.15. The van der Waals surface area contributed by atoms with Crippen LogP contribution in [0.15, 0.2) is 30.7 Å². The molecule has 5 rings (SSSR count). The summed E-state index contributed by atoms with van der Waals surface area (Å²) in [5, 5.41) is 34.6. The van der Waals surface area contributed by atoms with Crippen LogP contribution in [-0.2, 0) is 16.9 Å². The molecule has 1 aliphatic rings. The van der Waals surface area contributed by atoms with Gasteiger partial charge in [-0.1, -0.05) is 0 Å². The van der Waals surface area contributed by atoms with Gasteiger partial charge >= 0.3 is 0 Å². The van der Waals surface area contributed by atoms with Gasteiger partial charge in [-0.2, -0.15) is 20.6 Å². The van der Waals surface area contributed by atoms with Gasteiger partial charge in [-0.15, -0.1) is 0 Å². The SMILES string of the molecule is CO[C@H]1C[C@@](CC#N)(n2cc(-c3nc(-c4cc(CO)[nH]n4)cn4nccc34)c(N)n2)C1. The van der Waals surface area contributed by atoms with E-state index in [9.17, 15) is 10.4 Å². The van der Waals surface area contributed by atoms with Crippen molar-refractivity contribution >= 4 is 11.3 Å². The highest BCUT2D eigenvalue weighted by Gasteiger charge is 2.47. The number of aliphatic hydroxyl groups is 1. The first-order valence-corrected chi connectivity index (χ1v) is 9.82. The van der Waals surface area contributed by atoms with Crippen LogP contribution < -0.4 is 5.73 Å². The van der Waals surface area contributed by atoms with Gasteiger partial charge in [0.1, 0.15) is 17.1 Å². The maximum absolute atomic E-state index is 9.36. The number of anilines is 1. The molecular formula is C20H21N9O2. The average Bonchev–Trinajstić information content (AvgIpc) is 3.48. The van der Waals surface area contributed by atoms with Crippen LogP contribution in [0.5, 0.6) is 0 Å². The number of aromatic nitrogens is 7. The number of fused-ring (bicyclic) bond motifs is 1. The van der Waals surface area contributed by atoms with Crippen LogP contribution in [-0.4, -0.2) is 52.9 Å². The Kier molecular flexibility index (Phi) is 4.46. The van der Waals surface area contributed by atoms with E-state index in [1.807, 2.05) is 12.3 Å². The van der Waals surface area contributed by atoms with Crippen LogP contribution in [0, 0.1) is 11.3 Å². The van der Waals surface area contributed by atoms with Crippen molar-refractivity contribution < 1.29 is 9.84 Å². The summed E-state index contributed by atoms with van der Waals surface area (Å²) in [4.78, 5) is 4.79. The van der Waals surface area contributed by atoms with E-state index in [0.717, 1.165) is 5.52 Å². The van der Waals surface area contributed by atoms with Gasteiger partial charge in [0.25, 0.3) is 0 Å². The molecule has 4 N–H and O–H groups in total. The number of nitrogens with two attached hydrogens (primary N) is 1. The number of nitrogens with zero attached hydrogens (tertiary/aromatic N) is 7. The Hall–Kier alpha value is -3.75. The third kappa shape index (κ3) is 3.04. The fraction of sp³-hybridized carbons (Fsp3) is 0.350. The second-order valence-corrected chi connectivity index (χ2v) is 7.77. The Bertz CT molecular complexity index is 1290. The summed E-state index contributed by atoms with van der Waals surface area (Å²) >= 11 is 0. The van der Waals surface area contributed by atoms with Gasteiger partial charge in [0.2, 0.25) is 0 Å². The number of ether oxygens (including phenoxy) is 1. The van der Waals surface area contributed by atoms with Crippen LogP contribution >= 0.6 is 0 Å². The molecule has 4 aromatic rings. The van der Waals surface area contributed by atoms with Crippen molar-refractivity contribution in [1.82, 2.24) is 34.6 Å². The number of nitrogen functional groups attached to an aromatic ring is 1. The number of methoxy groups -OCH3 is 1. The highest BCUT2D eigenvalue weighted by Crippen LogP contribution is 2.44. The molecule has 31 heavy (non-hydrogen) atoms. The lowest BCUT2D eigenvalue weighted by Crippen LogP contribution is -2.50. The Labute approximate surface area is 177 Å². The third-order valence-corrected chi connectivity index (χ3v) is 5.89. The summed E-state index contributed by atoms with van der Waals surface area (Å²) in [6.07, 6.45) is 7.12. The molecule has 1 fully saturated rings. The van der Waals surface area contributed by atoms with E-state index in [2.05, 4.69) is 26.5 Å². The molecule has 0 amide bonds. The fourth-order valence-electron chi connectivity index (χ4n) is 4.15. The summed E-state index contributed by atoms with van der Waals surface area (Å²) < 4.78 is 8.91. The topological polar surface area (TPSA) is 156 Å². The molecule has 0 unspecified atom stereocenters. The number of hydrogen-bond donors (Lipinski definition) is 3. The first-order chi connectivity index (χ1) is 15.1. The number of rotatable bonds is 6. The highest BCUT2D eigenvalue weighted by molar-refractivity contribution is 5.83.